The van der Waals surface area contributed by atoms with E-state index in [4.69, 9.17) is 5.26 Å². The van der Waals surface area contributed by atoms with Gasteiger partial charge in [-0.25, -0.2) is 0 Å². The Morgan fingerprint density at radius 3 is 2.18 bits per heavy atom. The van der Waals surface area contributed by atoms with E-state index in [0.717, 1.165) is 6.92 Å². The summed E-state index contributed by atoms with van der Waals surface area (Å²) >= 11 is 0. The van der Waals surface area contributed by atoms with Crippen molar-refractivity contribution >= 4 is 0 Å². The van der Waals surface area contributed by atoms with Gasteiger partial charge in [-0.15, -0.1) is 0 Å². The molecule has 0 aromatic carbocycles. The van der Waals surface area contributed by atoms with Gasteiger partial charge in [0.1, 0.15) is 0 Å². The van der Waals surface area contributed by atoms with Gasteiger partial charge in [-0.3, -0.25) is 4.90 Å². The number of piperidine rings is 1. The van der Waals surface area contributed by atoms with E-state index in [1.807, 2.05) is 4.90 Å². The molecule has 1 aliphatic heterocycles. The molecule has 1 heterocycles. The van der Waals surface area contributed by atoms with Gasteiger partial charge in [-0.05, 0) is 45.7 Å². The van der Waals surface area contributed by atoms with E-state index in [1.54, 1.807) is 6.92 Å². The highest BCUT2D eigenvalue weighted by Gasteiger charge is 2.55. The number of nitrogens with zero attached hydrogens (tertiary/aromatic N) is 2. The van der Waals surface area contributed by atoms with Crippen molar-refractivity contribution in [3.63, 3.8) is 0 Å². The molecular formula is C11H17F3N2O. The first-order valence-corrected chi connectivity index (χ1v) is 5.63. The Morgan fingerprint density at radius 2 is 1.82 bits per heavy atom. The molecule has 98 valence electrons. The van der Waals surface area contributed by atoms with Crippen molar-refractivity contribution in [3.05, 3.63) is 0 Å². The zero-order chi connectivity index (χ0) is 13.3. The van der Waals surface area contributed by atoms with Crippen molar-refractivity contribution in [2.24, 2.45) is 5.92 Å². The summed E-state index contributed by atoms with van der Waals surface area (Å²) in [5, 5.41) is 18.3. The summed E-state index contributed by atoms with van der Waals surface area (Å²) in [6, 6.07) is 1.77. The van der Waals surface area contributed by atoms with Crippen LogP contribution in [0.1, 0.15) is 26.7 Å². The van der Waals surface area contributed by atoms with Crippen LogP contribution in [-0.2, 0) is 0 Å². The van der Waals surface area contributed by atoms with Crippen molar-refractivity contribution in [2.75, 3.05) is 13.1 Å². The molecule has 0 aliphatic carbocycles. The highest BCUT2D eigenvalue weighted by atomic mass is 19.4. The molecule has 17 heavy (non-hydrogen) atoms. The molecule has 1 aliphatic rings. The molecule has 0 spiro atoms. The minimum Gasteiger partial charge on any atom is -0.380 e. The van der Waals surface area contributed by atoms with Gasteiger partial charge < -0.3 is 5.11 Å². The maximum atomic E-state index is 12.6. The van der Waals surface area contributed by atoms with Gasteiger partial charge in [0.2, 0.25) is 0 Å². The van der Waals surface area contributed by atoms with Crippen LogP contribution in [0.2, 0.25) is 0 Å². The molecule has 0 aromatic rings. The lowest BCUT2D eigenvalue weighted by molar-refractivity contribution is -0.275. The van der Waals surface area contributed by atoms with Crippen LogP contribution >= 0.6 is 0 Å². The third-order valence-corrected chi connectivity index (χ3v) is 3.63. The molecule has 3 nitrogen and oxygen atoms in total. The smallest absolute Gasteiger partial charge is 0.380 e. The molecule has 1 saturated heterocycles. The van der Waals surface area contributed by atoms with Gasteiger partial charge in [0.15, 0.2) is 5.60 Å². The van der Waals surface area contributed by atoms with Crippen molar-refractivity contribution in [1.29, 1.82) is 5.26 Å². The Balaban J connectivity index is 2.62. The Labute approximate surface area is 98.8 Å². The summed E-state index contributed by atoms with van der Waals surface area (Å²) in [4.78, 5) is 1.84. The second-order valence-electron chi connectivity index (χ2n) is 4.76. The number of hydrogen-bond donors (Lipinski definition) is 1. The monoisotopic (exact) mass is 250 g/mol. The first-order valence-electron chi connectivity index (χ1n) is 5.63. The average molecular weight is 250 g/mol. The van der Waals surface area contributed by atoms with Gasteiger partial charge in [0.25, 0.3) is 0 Å². The molecule has 0 aromatic heterocycles. The van der Waals surface area contributed by atoms with Crippen LogP contribution in [0.25, 0.3) is 0 Å². The number of likely N-dealkylation sites (tertiary alicyclic amines) is 1. The summed E-state index contributed by atoms with van der Waals surface area (Å²) in [6.07, 6.45) is -4.07. The van der Waals surface area contributed by atoms with E-state index in [0.29, 0.717) is 13.1 Å². The standard InChI is InChI=1S/C11H17F3N2O/c1-8(7-15)16-5-3-9(4-6-16)10(2,17)11(12,13)14/h8-9,17H,3-6H2,1-2H3/t8-,10+/m0/s1. The molecule has 2 atom stereocenters. The summed E-state index contributed by atoms with van der Waals surface area (Å²) < 4.78 is 37.9. The molecule has 0 unspecified atom stereocenters. The van der Waals surface area contributed by atoms with Crippen LogP contribution in [0, 0.1) is 17.2 Å². The quantitative estimate of drug-likeness (QED) is 0.814. The summed E-state index contributed by atoms with van der Waals surface area (Å²) in [6.45, 7) is 3.40. The van der Waals surface area contributed by atoms with Gasteiger partial charge in [-0.2, -0.15) is 18.4 Å². The number of hydrogen-bond acceptors (Lipinski definition) is 3. The molecular weight excluding hydrogens is 233 g/mol. The largest absolute Gasteiger partial charge is 0.417 e. The molecule has 1 N–H and O–H groups in total. The van der Waals surface area contributed by atoms with Gasteiger partial charge >= 0.3 is 6.18 Å². The third kappa shape index (κ3) is 2.90. The van der Waals surface area contributed by atoms with E-state index < -0.39 is 17.7 Å². The fourth-order valence-electron chi connectivity index (χ4n) is 2.16. The van der Waals surface area contributed by atoms with Crippen LogP contribution < -0.4 is 0 Å². The van der Waals surface area contributed by atoms with Crippen molar-refractivity contribution in [1.82, 2.24) is 4.90 Å². The lowest BCUT2D eigenvalue weighted by Crippen LogP contribution is -2.53. The average Bonchev–Trinajstić information content (AvgIpc) is 2.26. The van der Waals surface area contributed by atoms with Gasteiger partial charge in [-0.1, -0.05) is 0 Å². The van der Waals surface area contributed by atoms with Crippen molar-refractivity contribution in [3.8, 4) is 6.07 Å². The van der Waals surface area contributed by atoms with E-state index in [9.17, 15) is 18.3 Å². The normalized spacial score (nSPS) is 25.0. The van der Waals surface area contributed by atoms with Gasteiger partial charge in [0, 0.05) is 0 Å². The minimum atomic E-state index is -4.60. The fraction of sp³-hybridized carbons (Fsp3) is 0.909. The Hall–Kier alpha value is -0.800. The van der Waals surface area contributed by atoms with Crippen LogP contribution in [-0.4, -0.2) is 40.9 Å². The van der Waals surface area contributed by atoms with E-state index in [1.165, 1.54) is 0 Å². The van der Waals surface area contributed by atoms with Crippen molar-refractivity contribution in [2.45, 2.75) is 44.5 Å². The number of rotatable bonds is 2. The minimum absolute atomic E-state index is 0.262. The Kier molecular flexibility index (Phi) is 4.05. The maximum absolute atomic E-state index is 12.6. The summed E-state index contributed by atoms with van der Waals surface area (Å²) in [5.41, 5.74) is -2.63. The molecule has 0 radical (unpaired) electrons. The second kappa shape index (κ2) is 4.83. The highest BCUT2D eigenvalue weighted by Crippen LogP contribution is 2.40. The molecule has 0 bridgehead atoms. The summed E-state index contributed by atoms with van der Waals surface area (Å²) in [7, 11) is 0. The summed E-state index contributed by atoms with van der Waals surface area (Å²) in [5.74, 6) is -0.787. The van der Waals surface area contributed by atoms with Crippen LogP contribution in [0.5, 0.6) is 0 Å². The number of nitriles is 1. The molecule has 1 rings (SSSR count). The van der Waals surface area contributed by atoms with Crippen LogP contribution in [0.4, 0.5) is 13.2 Å². The van der Waals surface area contributed by atoms with Crippen LogP contribution in [0.3, 0.4) is 0 Å². The number of halogens is 3. The molecule has 0 amide bonds. The maximum Gasteiger partial charge on any atom is 0.417 e. The topological polar surface area (TPSA) is 47.3 Å². The SMILES string of the molecule is C[C@@H](C#N)N1CCC([C@@](C)(O)C(F)(F)F)CC1. The molecule has 1 fully saturated rings. The van der Waals surface area contributed by atoms with Crippen LogP contribution in [0.15, 0.2) is 0 Å². The molecule has 6 heteroatoms. The van der Waals surface area contributed by atoms with Crippen molar-refractivity contribution < 1.29 is 18.3 Å². The fourth-order valence-corrected chi connectivity index (χ4v) is 2.16. The second-order valence-corrected chi connectivity index (χ2v) is 4.76. The predicted octanol–water partition coefficient (Wildman–Crippen LogP) is 1.92. The molecule has 0 saturated carbocycles. The first-order chi connectivity index (χ1) is 7.70. The van der Waals surface area contributed by atoms with E-state index in [2.05, 4.69) is 6.07 Å². The highest BCUT2D eigenvalue weighted by molar-refractivity contribution is 4.95. The number of alkyl halides is 3. The Morgan fingerprint density at radius 1 is 1.35 bits per heavy atom. The predicted molar refractivity (Wildman–Crippen MR) is 56.1 cm³/mol. The first kappa shape index (κ1) is 14.3. The van der Waals surface area contributed by atoms with E-state index in [-0.39, 0.29) is 18.9 Å². The van der Waals surface area contributed by atoms with E-state index >= 15 is 0 Å². The Bertz CT molecular complexity index is 301. The van der Waals surface area contributed by atoms with Gasteiger partial charge in [0.05, 0.1) is 12.1 Å². The lowest BCUT2D eigenvalue weighted by Gasteiger charge is -2.40. The lowest BCUT2D eigenvalue weighted by atomic mass is 9.81. The number of aliphatic hydroxyl groups is 1. The third-order valence-electron chi connectivity index (χ3n) is 3.63. The zero-order valence-electron chi connectivity index (χ0n) is 9.96. The zero-order valence-corrected chi connectivity index (χ0v) is 9.96.